The van der Waals surface area contributed by atoms with E-state index >= 15 is 0 Å². The Morgan fingerprint density at radius 1 is 1.29 bits per heavy atom. The lowest BCUT2D eigenvalue weighted by molar-refractivity contribution is 0.252. The summed E-state index contributed by atoms with van der Waals surface area (Å²) in [5.41, 5.74) is 0.645. The lowest BCUT2D eigenvalue weighted by Crippen LogP contribution is -2.30. The van der Waals surface area contributed by atoms with Gasteiger partial charge in [0, 0.05) is 24.6 Å². The van der Waals surface area contributed by atoms with Crippen LogP contribution in [0.3, 0.4) is 0 Å². The smallest absolute Gasteiger partial charge is 0.129 e. The Kier molecular flexibility index (Phi) is 5.42. The molecule has 1 atom stereocenters. The molecular weight excluding hydrogens is 217 g/mol. The van der Waals surface area contributed by atoms with Gasteiger partial charge in [-0.2, -0.15) is 0 Å². The summed E-state index contributed by atoms with van der Waals surface area (Å²) < 4.78 is 18.8. The molecule has 0 radical (unpaired) electrons. The zero-order chi connectivity index (χ0) is 12.8. The average molecular weight is 239 g/mol. The Balaban J connectivity index is 2.36. The highest BCUT2D eigenvalue weighted by Gasteiger charge is 2.05. The summed E-state index contributed by atoms with van der Waals surface area (Å²) in [7, 11) is 0. The normalized spacial score (nSPS) is 12.8. The van der Waals surface area contributed by atoms with Gasteiger partial charge in [-0.05, 0) is 18.6 Å². The van der Waals surface area contributed by atoms with Gasteiger partial charge in [-0.1, -0.05) is 26.8 Å². The van der Waals surface area contributed by atoms with Crippen LogP contribution < -0.4 is 10.1 Å². The number of benzene rings is 1. The SMILES string of the molecule is Cc1ccc(OCC(C)CNC(C)C)cc1F. The molecule has 0 saturated carbocycles. The molecule has 0 bridgehead atoms. The van der Waals surface area contributed by atoms with Crippen LogP contribution in [0.5, 0.6) is 5.75 Å². The van der Waals surface area contributed by atoms with E-state index in [0.29, 0.717) is 29.9 Å². The van der Waals surface area contributed by atoms with E-state index in [0.717, 1.165) is 6.54 Å². The third-order valence-electron chi connectivity index (χ3n) is 2.55. The van der Waals surface area contributed by atoms with Crippen molar-refractivity contribution in [3.05, 3.63) is 29.6 Å². The van der Waals surface area contributed by atoms with Gasteiger partial charge in [0.1, 0.15) is 11.6 Å². The molecule has 1 N–H and O–H groups in total. The Labute approximate surface area is 103 Å². The van der Waals surface area contributed by atoms with E-state index in [-0.39, 0.29) is 5.82 Å². The Morgan fingerprint density at radius 2 is 2.00 bits per heavy atom. The summed E-state index contributed by atoms with van der Waals surface area (Å²) in [4.78, 5) is 0. The molecule has 0 aromatic heterocycles. The monoisotopic (exact) mass is 239 g/mol. The quantitative estimate of drug-likeness (QED) is 0.823. The fourth-order valence-corrected chi connectivity index (χ4v) is 1.40. The van der Waals surface area contributed by atoms with Crippen molar-refractivity contribution in [1.29, 1.82) is 0 Å². The summed E-state index contributed by atoms with van der Waals surface area (Å²) in [6.07, 6.45) is 0. The average Bonchev–Trinajstić information content (AvgIpc) is 2.28. The number of ether oxygens (including phenoxy) is 1. The molecule has 2 nitrogen and oxygen atoms in total. The van der Waals surface area contributed by atoms with Crippen LogP contribution in [0.15, 0.2) is 18.2 Å². The van der Waals surface area contributed by atoms with Gasteiger partial charge >= 0.3 is 0 Å². The first-order chi connectivity index (χ1) is 7.99. The number of hydrogen-bond donors (Lipinski definition) is 1. The van der Waals surface area contributed by atoms with Gasteiger partial charge in [-0.15, -0.1) is 0 Å². The highest BCUT2D eigenvalue weighted by molar-refractivity contribution is 5.27. The van der Waals surface area contributed by atoms with Crippen molar-refractivity contribution < 1.29 is 9.13 Å². The van der Waals surface area contributed by atoms with E-state index in [4.69, 9.17) is 4.74 Å². The van der Waals surface area contributed by atoms with Crippen LogP contribution in [-0.2, 0) is 0 Å². The van der Waals surface area contributed by atoms with Gasteiger partial charge in [-0.3, -0.25) is 0 Å². The molecule has 0 fully saturated rings. The van der Waals surface area contributed by atoms with E-state index in [1.165, 1.54) is 6.07 Å². The van der Waals surface area contributed by atoms with E-state index in [1.54, 1.807) is 19.1 Å². The molecule has 17 heavy (non-hydrogen) atoms. The molecule has 0 spiro atoms. The number of hydrogen-bond acceptors (Lipinski definition) is 2. The van der Waals surface area contributed by atoms with Gasteiger partial charge in [0.05, 0.1) is 6.61 Å². The third kappa shape index (κ3) is 5.18. The molecular formula is C14H22FNO. The summed E-state index contributed by atoms with van der Waals surface area (Å²) in [6.45, 7) is 9.59. The van der Waals surface area contributed by atoms with Crippen LogP contribution in [0.1, 0.15) is 26.3 Å². The third-order valence-corrected chi connectivity index (χ3v) is 2.55. The molecule has 1 aromatic carbocycles. The second-order valence-corrected chi connectivity index (χ2v) is 4.89. The molecule has 3 heteroatoms. The predicted octanol–water partition coefficient (Wildman–Crippen LogP) is 3.15. The fourth-order valence-electron chi connectivity index (χ4n) is 1.40. The lowest BCUT2D eigenvalue weighted by Gasteiger charge is -2.16. The first-order valence-electron chi connectivity index (χ1n) is 6.11. The molecule has 1 unspecified atom stereocenters. The van der Waals surface area contributed by atoms with Crippen molar-refractivity contribution in [3.63, 3.8) is 0 Å². The fraction of sp³-hybridized carbons (Fsp3) is 0.571. The standard InChI is InChI=1S/C14H22FNO/c1-10(2)16-8-11(3)9-17-13-6-5-12(4)14(15)7-13/h5-7,10-11,16H,8-9H2,1-4H3. The maximum atomic E-state index is 13.3. The van der Waals surface area contributed by atoms with E-state index < -0.39 is 0 Å². The van der Waals surface area contributed by atoms with Gasteiger partial charge in [0.25, 0.3) is 0 Å². The Hall–Kier alpha value is -1.09. The van der Waals surface area contributed by atoms with Gasteiger partial charge in [0.2, 0.25) is 0 Å². The van der Waals surface area contributed by atoms with Gasteiger partial charge < -0.3 is 10.1 Å². The lowest BCUT2D eigenvalue weighted by atomic mass is 10.2. The topological polar surface area (TPSA) is 21.3 Å². The Morgan fingerprint density at radius 3 is 2.59 bits per heavy atom. The van der Waals surface area contributed by atoms with Crippen LogP contribution in [0.2, 0.25) is 0 Å². The first-order valence-corrected chi connectivity index (χ1v) is 6.11. The molecule has 96 valence electrons. The van der Waals surface area contributed by atoms with Crippen molar-refractivity contribution in [2.24, 2.45) is 5.92 Å². The summed E-state index contributed by atoms with van der Waals surface area (Å²) >= 11 is 0. The second-order valence-electron chi connectivity index (χ2n) is 4.89. The maximum Gasteiger partial charge on any atom is 0.129 e. The van der Waals surface area contributed by atoms with Crippen molar-refractivity contribution in [1.82, 2.24) is 5.32 Å². The van der Waals surface area contributed by atoms with E-state index in [9.17, 15) is 4.39 Å². The summed E-state index contributed by atoms with van der Waals surface area (Å²) in [5.74, 6) is 0.793. The molecule has 0 aliphatic heterocycles. The molecule has 1 rings (SSSR count). The minimum Gasteiger partial charge on any atom is -0.493 e. The molecule has 0 amide bonds. The van der Waals surface area contributed by atoms with Crippen LogP contribution >= 0.6 is 0 Å². The zero-order valence-electron chi connectivity index (χ0n) is 11.1. The van der Waals surface area contributed by atoms with Crippen molar-refractivity contribution in [2.45, 2.75) is 33.7 Å². The summed E-state index contributed by atoms with van der Waals surface area (Å²) in [5, 5.41) is 3.35. The van der Waals surface area contributed by atoms with E-state index in [2.05, 4.69) is 26.1 Å². The molecule has 1 aromatic rings. The van der Waals surface area contributed by atoms with E-state index in [1.807, 2.05) is 0 Å². The van der Waals surface area contributed by atoms with Gasteiger partial charge in [-0.25, -0.2) is 4.39 Å². The van der Waals surface area contributed by atoms with Crippen LogP contribution in [-0.4, -0.2) is 19.2 Å². The number of halogens is 1. The van der Waals surface area contributed by atoms with Gasteiger partial charge in [0.15, 0.2) is 0 Å². The largest absolute Gasteiger partial charge is 0.493 e. The van der Waals surface area contributed by atoms with Crippen LogP contribution in [0, 0.1) is 18.7 Å². The summed E-state index contributed by atoms with van der Waals surface area (Å²) in [6, 6.07) is 5.47. The highest BCUT2D eigenvalue weighted by atomic mass is 19.1. The van der Waals surface area contributed by atoms with Crippen molar-refractivity contribution in [2.75, 3.05) is 13.2 Å². The molecule has 0 aliphatic carbocycles. The minimum atomic E-state index is -0.213. The Bertz CT molecular complexity index is 352. The number of rotatable bonds is 6. The second kappa shape index (κ2) is 6.60. The zero-order valence-corrected chi connectivity index (χ0v) is 11.1. The number of aryl methyl sites for hydroxylation is 1. The minimum absolute atomic E-state index is 0.213. The van der Waals surface area contributed by atoms with Crippen molar-refractivity contribution >= 4 is 0 Å². The number of nitrogens with one attached hydrogen (secondary N) is 1. The van der Waals surface area contributed by atoms with Crippen molar-refractivity contribution in [3.8, 4) is 5.75 Å². The molecule has 0 saturated heterocycles. The van der Waals surface area contributed by atoms with Crippen LogP contribution in [0.25, 0.3) is 0 Å². The molecule has 0 heterocycles. The molecule has 0 aliphatic rings. The maximum absolute atomic E-state index is 13.3. The van der Waals surface area contributed by atoms with Crippen LogP contribution in [0.4, 0.5) is 4.39 Å². The predicted molar refractivity (Wildman–Crippen MR) is 68.9 cm³/mol. The highest BCUT2D eigenvalue weighted by Crippen LogP contribution is 2.16. The first kappa shape index (κ1) is 14.0.